The summed E-state index contributed by atoms with van der Waals surface area (Å²) in [6.07, 6.45) is 4.97. The zero-order chi connectivity index (χ0) is 21.6. The first kappa shape index (κ1) is 20.2. The number of hydrogen-bond donors (Lipinski definition) is 0. The van der Waals surface area contributed by atoms with E-state index in [0.717, 1.165) is 11.1 Å². The van der Waals surface area contributed by atoms with Crippen LogP contribution in [0.5, 0.6) is 0 Å². The largest absolute Gasteiger partial charge is 0.290 e. The zero-order valence-electron chi connectivity index (χ0n) is 17.0. The van der Waals surface area contributed by atoms with Gasteiger partial charge in [-0.3, -0.25) is 19.5 Å². The van der Waals surface area contributed by atoms with Crippen molar-refractivity contribution in [2.75, 3.05) is 4.90 Å². The maximum atomic E-state index is 13.5. The van der Waals surface area contributed by atoms with Crippen molar-refractivity contribution in [2.24, 2.45) is 0 Å². The van der Waals surface area contributed by atoms with Gasteiger partial charge in [-0.05, 0) is 42.8 Å². The standard InChI is InChI=1S/C24H21N5O2/c1-18(29-23(30)13-12-21(27-29)20-10-7-14-25-16-20)24(31)28(22-11-5-6-15-26-22)17-19-8-3-2-4-9-19/h2-16,18H,17H2,1H3. The molecule has 0 bridgehead atoms. The molecule has 154 valence electrons. The van der Waals surface area contributed by atoms with Crippen molar-refractivity contribution in [3.8, 4) is 11.3 Å². The third kappa shape index (κ3) is 4.56. The quantitative estimate of drug-likeness (QED) is 0.485. The van der Waals surface area contributed by atoms with Crippen LogP contribution in [-0.2, 0) is 11.3 Å². The highest BCUT2D eigenvalue weighted by molar-refractivity contribution is 5.94. The van der Waals surface area contributed by atoms with Crippen LogP contribution in [0.1, 0.15) is 18.5 Å². The molecule has 4 aromatic rings. The lowest BCUT2D eigenvalue weighted by Gasteiger charge is -2.25. The number of anilines is 1. The van der Waals surface area contributed by atoms with Crippen LogP contribution < -0.4 is 10.5 Å². The molecule has 0 radical (unpaired) electrons. The number of amides is 1. The van der Waals surface area contributed by atoms with Crippen molar-refractivity contribution < 1.29 is 4.79 Å². The van der Waals surface area contributed by atoms with Crippen LogP contribution in [0.3, 0.4) is 0 Å². The molecule has 0 aliphatic carbocycles. The molecule has 0 N–H and O–H groups in total. The summed E-state index contributed by atoms with van der Waals surface area (Å²) < 4.78 is 1.21. The van der Waals surface area contributed by atoms with E-state index >= 15 is 0 Å². The maximum Gasteiger partial charge on any atom is 0.267 e. The van der Waals surface area contributed by atoms with Gasteiger partial charge in [-0.15, -0.1) is 0 Å². The number of hydrogen-bond acceptors (Lipinski definition) is 5. The average Bonchev–Trinajstić information content (AvgIpc) is 2.84. The second-order valence-electron chi connectivity index (χ2n) is 7.02. The molecule has 0 aliphatic heterocycles. The lowest BCUT2D eigenvalue weighted by Crippen LogP contribution is -2.40. The van der Waals surface area contributed by atoms with Crippen molar-refractivity contribution in [2.45, 2.75) is 19.5 Å². The number of pyridine rings is 2. The van der Waals surface area contributed by atoms with E-state index in [4.69, 9.17) is 0 Å². The van der Waals surface area contributed by atoms with Gasteiger partial charge >= 0.3 is 0 Å². The lowest BCUT2D eigenvalue weighted by molar-refractivity contribution is -0.121. The lowest BCUT2D eigenvalue weighted by atomic mass is 10.2. The molecule has 1 amide bonds. The number of aromatic nitrogens is 4. The van der Waals surface area contributed by atoms with Gasteiger partial charge in [0.1, 0.15) is 11.9 Å². The monoisotopic (exact) mass is 411 g/mol. The molecule has 0 saturated heterocycles. The fraction of sp³-hybridized carbons (Fsp3) is 0.125. The Labute approximate surface area is 179 Å². The van der Waals surface area contributed by atoms with Crippen molar-refractivity contribution in [1.29, 1.82) is 0 Å². The molecule has 3 heterocycles. The Morgan fingerprint density at radius 2 is 1.77 bits per heavy atom. The highest BCUT2D eigenvalue weighted by Crippen LogP contribution is 2.20. The minimum Gasteiger partial charge on any atom is -0.290 e. The van der Waals surface area contributed by atoms with Gasteiger partial charge in [0.05, 0.1) is 12.2 Å². The van der Waals surface area contributed by atoms with Gasteiger partial charge < -0.3 is 0 Å². The van der Waals surface area contributed by atoms with Gasteiger partial charge in [0, 0.05) is 30.2 Å². The first-order chi connectivity index (χ1) is 15.1. The molecule has 0 spiro atoms. The Morgan fingerprint density at radius 3 is 2.48 bits per heavy atom. The van der Waals surface area contributed by atoms with Gasteiger partial charge in [0.25, 0.3) is 11.5 Å². The number of nitrogens with zero attached hydrogens (tertiary/aromatic N) is 5. The summed E-state index contributed by atoms with van der Waals surface area (Å²) >= 11 is 0. The van der Waals surface area contributed by atoms with Crippen LogP contribution in [0.15, 0.2) is 96.2 Å². The van der Waals surface area contributed by atoms with Crippen LogP contribution in [0, 0.1) is 0 Å². The molecule has 7 heteroatoms. The minimum atomic E-state index is -0.824. The smallest absolute Gasteiger partial charge is 0.267 e. The topological polar surface area (TPSA) is 81.0 Å². The third-order valence-corrected chi connectivity index (χ3v) is 4.88. The summed E-state index contributed by atoms with van der Waals surface area (Å²) in [7, 11) is 0. The van der Waals surface area contributed by atoms with Gasteiger partial charge in [-0.1, -0.05) is 36.4 Å². The van der Waals surface area contributed by atoms with Gasteiger partial charge in [0.2, 0.25) is 0 Å². The van der Waals surface area contributed by atoms with E-state index in [2.05, 4.69) is 15.1 Å². The number of carbonyl (C=O) groups is 1. The van der Waals surface area contributed by atoms with E-state index in [1.54, 1.807) is 54.7 Å². The third-order valence-electron chi connectivity index (χ3n) is 4.88. The second-order valence-corrected chi connectivity index (χ2v) is 7.02. The van der Waals surface area contributed by atoms with Crippen LogP contribution >= 0.6 is 0 Å². The summed E-state index contributed by atoms with van der Waals surface area (Å²) in [6.45, 7) is 2.00. The van der Waals surface area contributed by atoms with Crippen molar-refractivity contribution in [1.82, 2.24) is 19.7 Å². The Bertz CT molecular complexity index is 1210. The van der Waals surface area contributed by atoms with E-state index in [-0.39, 0.29) is 11.5 Å². The van der Waals surface area contributed by atoms with Crippen molar-refractivity contribution in [3.63, 3.8) is 0 Å². The van der Waals surface area contributed by atoms with Crippen LogP contribution in [0.4, 0.5) is 5.82 Å². The molecular weight excluding hydrogens is 390 g/mol. The number of rotatable bonds is 6. The Hall–Kier alpha value is -4.13. The summed E-state index contributed by atoms with van der Waals surface area (Å²) in [4.78, 5) is 36.1. The van der Waals surface area contributed by atoms with Crippen LogP contribution in [0.25, 0.3) is 11.3 Å². The molecule has 1 unspecified atom stereocenters. The predicted octanol–water partition coefficient (Wildman–Crippen LogP) is 3.49. The highest BCUT2D eigenvalue weighted by Gasteiger charge is 2.26. The predicted molar refractivity (Wildman–Crippen MR) is 118 cm³/mol. The fourth-order valence-electron chi connectivity index (χ4n) is 3.25. The second kappa shape index (κ2) is 9.13. The Balaban J connectivity index is 1.69. The summed E-state index contributed by atoms with van der Waals surface area (Å²) in [5.74, 6) is 0.236. The summed E-state index contributed by atoms with van der Waals surface area (Å²) in [5, 5.41) is 4.44. The van der Waals surface area contributed by atoms with Crippen LogP contribution in [-0.4, -0.2) is 25.7 Å². The van der Waals surface area contributed by atoms with Gasteiger partial charge in [0.15, 0.2) is 0 Å². The SMILES string of the molecule is CC(C(=O)N(Cc1ccccc1)c1ccccn1)n1nc(-c2cccnc2)ccc1=O. The molecule has 1 atom stereocenters. The molecule has 31 heavy (non-hydrogen) atoms. The molecule has 3 aromatic heterocycles. The number of benzene rings is 1. The number of carbonyl (C=O) groups excluding carboxylic acids is 1. The van der Waals surface area contributed by atoms with Crippen LogP contribution in [0.2, 0.25) is 0 Å². The van der Waals surface area contributed by atoms with Gasteiger partial charge in [-0.2, -0.15) is 5.10 Å². The maximum absolute atomic E-state index is 13.5. The molecule has 0 aliphatic rings. The molecule has 0 fully saturated rings. The zero-order valence-corrected chi connectivity index (χ0v) is 17.0. The van der Waals surface area contributed by atoms with E-state index in [1.165, 1.54) is 10.7 Å². The van der Waals surface area contributed by atoms with Crippen molar-refractivity contribution in [3.05, 3.63) is 107 Å². The average molecular weight is 411 g/mol. The van der Waals surface area contributed by atoms with Gasteiger partial charge in [-0.25, -0.2) is 9.67 Å². The van der Waals surface area contributed by atoms with E-state index in [9.17, 15) is 9.59 Å². The van der Waals surface area contributed by atoms with E-state index < -0.39 is 6.04 Å². The fourth-order valence-corrected chi connectivity index (χ4v) is 3.25. The molecule has 1 aromatic carbocycles. The summed E-state index contributed by atoms with van der Waals surface area (Å²) in [5.41, 5.74) is 1.94. The first-order valence-corrected chi connectivity index (χ1v) is 9.90. The van der Waals surface area contributed by atoms with Crippen molar-refractivity contribution >= 4 is 11.7 Å². The molecular formula is C24H21N5O2. The normalized spacial score (nSPS) is 11.6. The first-order valence-electron chi connectivity index (χ1n) is 9.90. The minimum absolute atomic E-state index is 0.277. The Kier molecular flexibility index (Phi) is 5.93. The van der Waals surface area contributed by atoms with E-state index in [1.807, 2.05) is 42.5 Å². The molecule has 7 nitrogen and oxygen atoms in total. The highest BCUT2D eigenvalue weighted by atomic mass is 16.2. The van der Waals surface area contributed by atoms with E-state index in [0.29, 0.717) is 18.1 Å². The molecule has 0 saturated carbocycles. The molecule has 4 rings (SSSR count). The summed E-state index contributed by atoms with van der Waals surface area (Å²) in [6, 6.07) is 20.9. The Morgan fingerprint density at radius 1 is 0.968 bits per heavy atom.